The van der Waals surface area contributed by atoms with Gasteiger partial charge < -0.3 is 18.9 Å². The van der Waals surface area contributed by atoms with Crippen LogP contribution in [0.2, 0.25) is 0 Å². The van der Waals surface area contributed by atoms with Crippen LogP contribution in [0.15, 0.2) is 48.7 Å². The van der Waals surface area contributed by atoms with Crippen molar-refractivity contribution in [1.82, 2.24) is 4.98 Å². The highest BCUT2D eigenvalue weighted by Crippen LogP contribution is 2.33. The first-order chi connectivity index (χ1) is 13.3. The molecule has 1 aliphatic heterocycles. The van der Waals surface area contributed by atoms with Gasteiger partial charge in [-0.1, -0.05) is 36.4 Å². The highest BCUT2D eigenvalue weighted by atomic mass is 16.7. The van der Waals surface area contributed by atoms with E-state index in [2.05, 4.69) is 36.4 Å². The quantitative estimate of drug-likeness (QED) is 0.496. The van der Waals surface area contributed by atoms with Crippen LogP contribution in [0, 0.1) is 0 Å². The first kappa shape index (κ1) is 18.0. The molecule has 1 aromatic heterocycles. The van der Waals surface area contributed by atoms with Gasteiger partial charge in [-0.2, -0.15) is 0 Å². The van der Waals surface area contributed by atoms with Crippen LogP contribution in [0.5, 0.6) is 5.75 Å². The maximum absolute atomic E-state index is 5.81. The van der Waals surface area contributed by atoms with Crippen LogP contribution in [0.25, 0.3) is 10.9 Å². The van der Waals surface area contributed by atoms with E-state index in [1.807, 2.05) is 20.1 Å². The topological polar surface area (TPSA) is 49.8 Å². The van der Waals surface area contributed by atoms with E-state index in [9.17, 15) is 0 Å². The van der Waals surface area contributed by atoms with Crippen LogP contribution < -0.4 is 10.2 Å². The molecule has 0 bridgehead atoms. The highest BCUT2D eigenvalue weighted by Gasteiger charge is 2.23. The Morgan fingerprint density at radius 2 is 1.89 bits per heavy atom. The molecule has 3 aromatic rings. The average Bonchev–Trinajstić information content (AvgIpc) is 3.22. The molecule has 0 amide bonds. The molecule has 0 aliphatic carbocycles. The molecular formula is C21H22BNO4. The minimum absolute atomic E-state index is 0.180. The number of hydrogen-bond acceptors (Lipinski definition) is 5. The van der Waals surface area contributed by atoms with Crippen LogP contribution >= 0.6 is 0 Å². The number of nitrogens with zero attached hydrogens (tertiary/aromatic N) is 1. The molecule has 138 valence electrons. The Labute approximate surface area is 159 Å². The zero-order chi connectivity index (χ0) is 18.6. The van der Waals surface area contributed by atoms with Crippen molar-refractivity contribution in [3.8, 4) is 5.75 Å². The third-order valence-corrected chi connectivity index (χ3v) is 4.65. The number of aromatic nitrogens is 1. The van der Waals surface area contributed by atoms with Crippen molar-refractivity contribution in [2.75, 3.05) is 27.1 Å². The van der Waals surface area contributed by atoms with Crippen molar-refractivity contribution in [3.05, 3.63) is 65.4 Å². The average molecular weight is 363 g/mol. The van der Waals surface area contributed by atoms with Gasteiger partial charge in [0.1, 0.15) is 19.1 Å². The summed E-state index contributed by atoms with van der Waals surface area (Å²) in [6.45, 7) is 1.38. The maximum Gasteiger partial charge on any atom is 0.188 e. The molecule has 1 fully saturated rings. The zero-order valence-electron chi connectivity index (χ0n) is 15.6. The fourth-order valence-electron chi connectivity index (χ4n) is 3.43. The monoisotopic (exact) mass is 363 g/mol. The van der Waals surface area contributed by atoms with Crippen LogP contribution in [0.3, 0.4) is 0 Å². The highest BCUT2D eigenvalue weighted by molar-refractivity contribution is 6.36. The number of hydrogen-bond donors (Lipinski definition) is 0. The molecule has 0 radical (unpaired) electrons. The van der Waals surface area contributed by atoms with Crippen LogP contribution in [0.1, 0.15) is 23.0 Å². The lowest BCUT2D eigenvalue weighted by molar-refractivity contribution is -0.0429. The van der Waals surface area contributed by atoms with Crippen molar-refractivity contribution in [2.45, 2.75) is 12.7 Å². The Kier molecular flexibility index (Phi) is 5.39. The summed E-state index contributed by atoms with van der Waals surface area (Å²) in [5.74, 6) is 0.736. The van der Waals surface area contributed by atoms with Gasteiger partial charge in [0.15, 0.2) is 13.1 Å². The summed E-state index contributed by atoms with van der Waals surface area (Å²) >= 11 is 0. The molecule has 2 aromatic carbocycles. The third kappa shape index (κ3) is 3.83. The minimum Gasteiger partial charge on any atom is -0.466 e. The predicted molar refractivity (Wildman–Crippen MR) is 106 cm³/mol. The molecule has 1 saturated heterocycles. The van der Waals surface area contributed by atoms with Crippen molar-refractivity contribution >= 4 is 24.2 Å². The molecule has 0 N–H and O–H groups in total. The Morgan fingerprint density at radius 1 is 1.11 bits per heavy atom. The number of fused-ring (bicyclic) bond motifs is 1. The lowest BCUT2D eigenvalue weighted by Crippen LogP contribution is -2.15. The predicted octanol–water partition coefficient (Wildman–Crippen LogP) is 2.11. The molecular weight excluding hydrogens is 341 g/mol. The van der Waals surface area contributed by atoms with Gasteiger partial charge in [0.2, 0.25) is 0 Å². The summed E-state index contributed by atoms with van der Waals surface area (Å²) < 4.78 is 22.4. The molecule has 1 aliphatic rings. The minimum atomic E-state index is -0.364. The summed E-state index contributed by atoms with van der Waals surface area (Å²) in [6, 6.07) is 14.6. The SMILES string of the molecule is Bc1cc(C2OCCO2)c2cc(Cc3ccccc3)cnc2c1OCOC. The van der Waals surface area contributed by atoms with Gasteiger partial charge in [0, 0.05) is 24.3 Å². The largest absolute Gasteiger partial charge is 0.466 e. The van der Waals surface area contributed by atoms with Gasteiger partial charge >= 0.3 is 0 Å². The van der Waals surface area contributed by atoms with Crippen molar-refractivity contribution < 1.29 is 18.9 Å². The van der Waals surface area contributed by atoms with Gasteiger partial charge in [0.05, 0.1) is 13.2 Å². The molecule has 0 saturated carbocycles. The van der Waals surface area contributed by atoms with Crippen molar-refractivity contribution in [1.29, 1.82) is 0 Å². The first-order valence-electron chi connectivity index (χ1n) is 9.07. The second kappa shape index (κ2) is 8.09. The van der Waals surface area contributed by atoms with E-state index in [1.165, 1.54) is 5.56 Å². The normalized spacial score (nSPS) is 14.7. The number of pyridine rings is 1. The van der Waals surface area contributed by atoms with E-state index >= 15 is 0 Å². The Balaban J connectivity index is 1.80. The number of benzene rings is 2. The summed E-state index contributed by atoms with van der Waals surface area (Å²) in [5.41, 5.74) is 5.16. The van der Waals surface area contributed by atoms with E-state index in [-0.39, 0.29) is 13.1 Å². The summed E-state index contributed by atoms with van der Waals surface area (Å²) in [4.78, 5) is 4.73. The van der Waals surface area contributed by atoms with Gasteiger partial charge in [-0.15, -0.1) is 0 Å². The summed E-state index contributed by atoms with van der Waals surface area (Å²) in [7, 11) is 3.61. The summed E-state index contributed by atoms with van der Waals surface area (Å²) in [5, 5.41) is 0.993. The molecule has 27 heavy (non-hydrogen) atoms. The van der Waals surface area contributed by atoms with E-state index < -0.39 is 0 Å². The second-order valence-electron chi connectivity index (χ2n) is 6.64. The van der Waals surface area contributed by atoms with Crippen LogP contribution in [-0.4, -0.2) is 39.9 Å². The van der Waals surface area contributed by atoms with Gasteiger partial charge in [0.25, 0.3) is 0 Å². The van der Waals surface area contributed by atoms with E-state index in [0.29, 0.717) is 13.2 Å². The molecule has 0 spiro atoms. The Bertz CT molecular complexity index is 926. The van der Waals surface area contributed by atoms with Gasteiger partial charge in [-0.3, -0.25) is 4.98 Å². The van der Waals surface area contributed by atoms with Crippen molar-refractivity contribution in [3.63, 3.8) is 0 Å². The molecule has 4 rings (SSSR count). The number of methoxy groups -OCH3 is 1. The lowest BCUT2D eigenvalue weighted by atomic mass is 9.89. The molecule has 0 atom stereocenters. The van der Waals surface area contributed by atoms with Crippen LogP contribution in [-0.2, 0) is 20.6 Å². The lowest BCUT2D eigenvalue weighted by Gasteiger charge is -2.18. The molecule has 6 heteroatoms. The Hall–Kier alpha value is -2.41. The third-order valence-electron chi connectivity index (χ3n) is 4.65. The smallest absolute Gasteiger partial charge is 0.188 e. The zero-order valence-corrected chi connectivity index (χ0v) is 15.6. The fourth-order valence-corrected chi connectivity index (χ4v) is 3.43. The number of rotatable bonds is 6. The van der Waals surface area contributed by atoms with E-state index in [1.54, 1.807) is 7.11 Å². The standard InChI is InChI=1S/C21H22BNO4/c1-24-13-27-20-18(22)11-17(21-25-7-8-26-21)16-10-15(12-23-19(16)20)9-14-5-3-2-4-6-14/h2-6,10-12,21H,7-9,13,22H2,1H3. The van der Waals surface area contributed by atoms with E-state index in [0.717, 1.165) is 39.7 Å². The fraction of sp³-hybridized carbons (Fsp3) is 0.286. The maximum atomic E-state index is 5.81. The van der Waals surface area contributed by atoms with E-state index in [4.69, 9.17) is 23.9 Å². The van der Waals surface area contributed by atoms with Gasteiger partial charge in [-0.25, -0.2) is 0 Å². The molecule has 0 unspecified atom stereocenters. The first-order valence-corrected chi connectivity index (χ1v) is 9.07. The Morgan fingerprint density at radius 3 is 2.63 bits per heavy atom. The second-order valence-corrected chi connectivity index (χ2v) is 6.64. The van der Waals surface area contributed by atoms with Gasteiger partial charge in [-0.05, 0) is 29.1 Å². The molecule has 5 nitrogen and oxygen atoms in total. The number of ether oxygens (including phenoxy) is 4. The summed E-state index contributed by atoms with van der Waals surface area (Å²) in [6.07, 6.45) is 2.36. The van der Waals surface area contributed by atoms with Crippen molar-refractivity contribution in [2.24, 2.45) is 0 Å². The molecule has 2 heterocycles. The van der Waals surface area contributed by atoms with Crippen LogP contribution in [0.4, 0.5) is 0 Å².